The molecule has 0 aromatic carbocycles. The molecule has 3 saturated carbocycles. The van der Waals surface area contributed by atoms with Crippen LogP contribution < -0.4 is 16.4 Å². The van der Waals surface area contributed by atoms with Gasteiger partial charge >= 0.3 is 0 Å². The molecule has 0 spiro atoms. The molecular weight excluding hydrogens is 362 g/mol. The highest BCUT2D eigenvalue weighted by Gasteiger charge is 2.67. The van der Waals surface area contributed by atoms with Crippen molar-refractivity contribution in [3.63, 3.8) is 0 Å². The second-order valence-corrected chi connectivity index (χ2v) is 9.62. The molecule has 29 heavy (non-hydrogen) atoms. The second kappa shape index (κ2) is 9.49. The van der Waals surface area contributed by atoms with Gasteiger partial charge in [0.25, 0.3) is 0 Å². The molecular formula is C23H39N5O. The number of rotatable bonds is 11. The fourth-order valence-corrected chi connectivity index (χ4v) is 5.57. The third-order valence-electron chi connectivity index (χ3n) is 7.14. The van der Waals surface area contributed by atoms with Crippen LogP contribution in [-0.2, 0) is 4.79 Å². The molecule has 1 heterocycles. The fraction of sp³-hybridized carbons (Fsp3) is 0.826. The lowest BCUT2D eigenvalue weighted by molar-refractivity contribution is -0.167. The summed E-state index contributed by atoms with van der Waals surface area (Å²) in [6, 6.07) is 2.74. The van der Waals surface area contributed by atoms with E-state index >= 15 is 0 Å². The van der Waals surface area contributed by atoms with E-state index in [1.807, 2.05) is 6.92 Å². The minimum atomic E-state index is -0.0455. The summed E-state index contributed by atoms with van der Waals surface area (Å²) in [6.07, 6.45) is 12.3. The van der Waals surface area contributed by atoms with Crippen molar-refractivity contribution in [2.75, 3.05) is 19.6 Å². The summed E-state index contributed by atoms with van der Waals surface area (Å²) in [7, 11) is 0. The Morgan fingerprint density at radius 2 is 2.00 bits per heavy atom. The quantitative estimate of drug-likeness (QED) is 0.495. The summed E-state index contributed by atoms with van der Waals surface area (Å²) in [5.41, 5.74) is 7.86. The van der Waals surface area contributed by atoms with E-state index in [9.17, 15) is 10.1 Å². The largest absolute Gasteiger partial charge is 0.389 e. The first-order valence-electron chi connectivity index (χ1n) is 11.6. The zero-order valence-corrected chi connectivity index (χ0v) is 18.3. The Morgan fingerprint density at radius 1 is 1.31 bits per heavy atom. The van der Waals surface area contributed by atoms with Crippen molar-refractivity contribution in [1.82, 2.24) is 15.5 Å². The summed E-state index contributed by atoms with van der Waals surface area (Å²) < 4.78 is 0. The van der Waals surface area contributed by atoms with Gasteiger partial charge in [0.1, 0.15) is 6.04 Å². The molecule has 4 aliphatic rings. The van der Waals surface area contributed by atoms with Gasteiger partial charge in [-0.3, -0.25) is 9.69 Å². The summed E-state index contributed by atoms with van der Waals surface area (Å²) in [6.45, 7) is 6.97. The molecule has 1 amide bonds. The number of nitrogens with two attached hydrogens (primary N) is 1. The Kier molecular flexibility index (Phi) is 7.23. The third-order valence-corrected chi connectivity index (χ3v) is 7.14. The maximum Gasteiger partial charge on any atom is 0.220 e. The number of likely N-dealkylation sites (tertiary alicyclic amines) is 1. The van der Waals surface area contributed by atoms with Crippen molar-refractivity contribution in [3.8, 4) is 6.07 Å². The van der Waals surface area contributed by atoms with Gasteiger partial charge in [0.15, 0.2) is 0 Å². The number of carbonyl (C=O) groups is 1. The maximum atomic E-state index is 11.6. The number of nitrogens with one attached hydrogen (secondary N) is 2. The van der Waals surface area contributed by atoms with Gasteiger partial charge < -0.3 is 16.4 Å². The third kappa shape index (κ3) is 5.32. The molecule has 1 unspecified atom stereocenters. The van der Waals surface area contributed by atoms with Crippen molar-refractivity contribution in [3.05, 3.63) is 11.8 Å². The average molecular weight is 402 g/mol. The van der Waals surface area contributed by atoms with Crippen molar-refractivity contribution in [2.45, 2.75) is 95.7 Å². The van der Waals surface area contributed by atoms with Crippen LogP contribution in [-0.4, -0.2) is 48.1 Å². The number of nitrogens with zero attached hydrogens (tertiary/aromatic N) is 2. The lowest BCUT2D eigenvalue weighted by Crippen LogP contribution is -2.74. The van der Waals surface area contributed by atoms with Crippen molar-refractivity contribution < 1.29 is 4.79 Å². The van der Waals surface area contributed by atoms with Crippen molar-refractivity contribution in [2.24, 2.45) is 11.1 Å². The van der Waals surface area contributed by atoms with E-state index in [1.165, 1.54) is 12.1 Å². The molecule has 1 atom stereocenters. The SMILES string of the molecule is CCC/C(=C\CC(C#N)N1CCC(N)CC1)NCCC12CC(NC(=O)CC)(C1)C2. The molecule has 4 fully saturated rings. The van der Waals surface area contributed by atoms with Gasteiger partial charge in [-0.05, 0) is 56.8 Å². The van der Waals surface area contributed by atoms with Gasteiger partial charge in [0.2, 0.25) is 5.91 Å². The molecule has 0 radical (unpaired) electrons. The number of allylic oxidation sites excluding steroid dienone is 1. The first kappa shape index (κ1) is 22.1. The Bertz CT molecular complexity index is 624. The standard InChI is InChI=1S/C23H39N5O/c1-3-5-19(6-7-20(14-24)28-12-8-18(25)9-13-28)26-11-10-22-15-23(16-22,17-22)27-21(29)4-2/h6,18,20,26H,3-5,7-13,15-17,25H2,1-2H3,(H,27,29)/b19-6+. The van der Waals surface area contributed by atoms with Gasteiger partial charge in [-0.1, -0.05) is 26.3 Å². The Hall–Kier alpha value is -1.58. The number of carbonyl (C=O) groups excluding carboxylic acids is 1. The van der Waals surface area contributed by atoms with Crippen LogP contribution in [0.25, 0.3) is 0 Å². The van der Waals surface area contributed by atoms with E-state index in [0.717, 1.165) is 71.0 Å². The zero-order valence-electron chi connectivity index (χ0n) is 18.3. The molecule has 1 aliphatic heterocycles. The van der Waals surface area contributed by atoms with E-state index in [-0.39, 0.29) is 17.5 Å². The molecule has 6 nitrogen and oxygen atoms in total. The zero-order chi connectivity index (χ0) is 20.9. The van der Waals surface area contributed by atoms with Gasteiger partial charge in [-0.15, -0.1) is 0 Å². The predicted molar refractivity (Wildman–Crippen MR) is 116 cm³/mol. The summed E-state index contributed by atoms with van der Waals surface area (Å²) in [4.78, 5) is 13.9. The predicted octanol–water partition coefficient (Wildman–Crippen LogP) is 2.80. The molecule has 4 rings (SSSR count). The molecule has 162 valence electrons. The normalized spacial score (nSPS) is 30.6. The highest BCUT2D eigenvalue weighted by Crippen LogP contribution is 2.68. The van der Waals surface area contributed by atoms with Crippen LogP contribution in [0.4, 0.5) is 0 Å². The van der Waals surface area contributed by atoms with E-state index < -0.39 is 0 Å². The molecule has 3 aliphatic carbocycles. The van der Waals surface area contributed by atoms with Crippen LogP contribution in [0.1, 0.15) is 78.1 Å². The van der Waals surface area contributed by atoms with Crippen molar-refractivity contribution in [1.29, 1.82) is 5.26 Å². The maximum absolute atomic E-state index is 11.6. The van der Waals surface area contributed by atoms with Gasteiger partial charge in [-0.25, -0.2) is 0 Å². The van der Waals surface area contributed by atoms with E-state index in [1.54, 1.807) is 0 Å². The van der Waals surface area contributed by atoms with Gasteiger partial charge in [0.05, 0.1) is 6.07 Å². The molecule has 4 N–H and O–H groups in total. The molecule has 2 bridgehead atoms. The monoisotopic (exact) mass is 401 g/mol. The van der Waals surface area contributed by atoms with Crippen LogP contribution in [0.2, 0.25) is 0 Å². The van der Waals surface area contributed by atoms with Crippen LogP contribution in [0.5, 0.6) is 0 Å². The van der Waals surface area contributed by atoms with Gasteiger partial charge in [0, 0.05) is 43.3 Å². The first-order valence-corrected chi connectivity index (χ1v) is 11.6. The van der Waals surface area contributed by atoms with Crippen molar-refractivity contribution >= 4 is 5.91 Å². The Balaban J connectivity index is 1.41. The average Bonchev–Trinajstić information content (AvgIpc) is 2.66. The summed E-state index contributed by atoms with van der Waals surface area (Å²) in [5.74, 6) is 0.187. The summed E-state index contributed by atoms with van der Waals surface area (Å²) in [5, 5.41) is 16.5. The van der Waals surface area contributed by atoms with Crippen LogP contribution in [0.15, 0.2) is 11.8 Å². The molecule has 0 aromatic rings. The smallest absolute Gasteiger partial charge is 0.220 e. The molecule has 0 aromatic heterocycles. The highest BCUT2D eigenvalue weighted by molar-refractivity contribution is 5.77. The summed E-state index contributed by atoms with van der Waals surface area (Å²) >= 11 is 0. The lowest BCUT2D eigenvalue weighted by atomic mass is 9.38. The minimum absolute atomic E-state index is 0.0455. The van der Waals surface area contributed by atoms with Crippen LogP contribution in [0.3, 0.4) is 0 Å². The highest BCUT2D eigenvalue weighted by atomic mass is 16.1. The number of hydrogen-bond donors (Lipinski definition) is 3. The van der Waals surface area contributed by atoms with Crippen LogP contribution in [0, 0.1) is 16.7 Å². The topological polar surface area (TPSA) is 94.2 Å². The van der Waals surface area contributed by atoms with E-state index in [0.29, 0.717) is 17.9 Å². The van der Waals surface area contributed by atoms with Gasteiger partial charge in [-0.2, -0.15) is 5.26 Å². The second-order valence-electron chi connectivity index (χ2n) is 9.62. The molecule has 1 saturated heterocycles. The van der Waals surface area contributed by atoms with E-state index in [4.69, 9.17) is 5.73 Å². The van der Waals surface area contributed by atoms with E-state index in [2.05, 4.69) is 34.6 Å². The molecule has 6 heteroatoms. The van der Waals surface area contributed by atoms with Crippen LogP contribution >= 0.6 is 0 Å². The number of amides is 1. The lowest BCUT2D eigenvalue weighted by Gasteiger charge is -2.71. The number of hydrogen-bond acceptors (Lipinski definition) is 5. The Morgan fingerprint density at radius 3 is 2.59 bits per heavy atom. The number of nitriles is 1. The minimum Gasteiger partial charge on any atom is -0.389 e. The Labute approximate surface area is 176 Å². The number of piperidine rings is 1. The fourth-order valence-electron chi connectivity index (χ4n) is 5.57. The first-order chi connectivity index (χ1) is 13.9.